The van der Waals surface area contributed by atoms with Crippen molar-refractivity contribution >= 4 is 5.82 Å². The summed E-state index contributed by atoms with van der Waals surface area (Å²) < 4.78 is 54.4. The van der Waals surface area contributed by atoms with Crippen molar-refractivity contribution in [2.24, 2.45) is 0 Å². The van der Waals surface area contributed by atoms with Crippen molar-refractivity contribution in [2.75, 3.05) is 12.4 Å². The van der Waals surface area contributed by atoms with Crippen molar-refractivity contribution in [1.82, 2.24) is 9.55 Å². The van der Waals surface area contributed by atoms with Gasteiger partial charge in [-0.3, -0.25) is 4.57 Å². The number of hydrogen-bond acceptors (Lipinski definition) is 5. The molecule has 6 nitrogen and oxygen atoms in total. The number of rotatable bonds is 5. The Morgan fingerprint density at radius 2 is 2.04 bits per heavy atom. The molecule has 26 heavy (non-hydrogen) atoms. The van der Waals surface area contributed by atoms with Crippen LogP contribution in [0.4, 0.5) is 19.0 Å². The van der Waals surface area contributed by atoms with E-state index in [1.165, 1.54) is 12.1 Å². The summed E-state index contributed by atoms with van der Waals surface area (Å²) in [6.07, 6.45) is -1.16. The lowest BCUT2D eigenvalue weighted by Crippen LogP contribution is -2.43. The molecule has 0 bridgehead atoms. The fourth-order valence-electron chi connectivity index (χ4n) is 3.06. The molecule has 1 atom stereocenters. The molecule has 0 radical (unpaired) electrons. The molecule has 1 aromatic carbocycles. The van der Waals surface area contributed by atoms with E-state index in [4.69, 9.17) is 9.47 Å². The second kappa shape index (κ2) is 6.08. The molecular formula is C17H18F3N3O3. The normalized spacial score (nSPS) is 20.4. The molecule has 140 valence electrons. The van der Waals surface area contributed by atoms with E-state index in [1.807, 2.05) is 10.8 Å². The van der Waals surface area contributed by atoms with Crippen molar-refractivity contribution in [3.05, 3.63) is 36.0 Å². The molecule has 2 heterocycles. The van der Waals surface area contributed by atoms with E-state index < -0.39 is 6.36 Å². The lowest BCUT2D eigenvalue weighted by Gasteiger charge is -2.32. The largest absolute Gasteiger partial charge is 0.573 e. The number of aromatic nitrogens is 2. The number of anilines is 1. The third-order valence-electron chi connectivity index (χ3n) is 4.59. The van der Waals surface area contributed by atoms with Gasteiger partial charge in [-0.2, -0.15) is 4.98 Å². The van der Waals surface area contributed by atoms with Gasteiger partial charge in [0.15, 0.2) is 0 Å². The van der Waals surface area contributed by atoms with Crippen LogP contribution in [0.1, 0.15) is 18.4 Å². The number of halogens is 3. The summed E-state index contributed by atoms with van der Waals surface area (Å²) in [5.74, 6) is 0.486. The summed E-state index contributed by atoms with van der Waals surface area (Å²) in [6.45, 7) is 0.907. The van der Waals surface area contributed by atoms with E-state index in [0.717, 1.165) is 24.2 Å². The Hall–Kier alpha value is -2.42. The Kier molecular flexibility index (Phi) is 3.98. The second-order valence-corrected chi connectivity index (χ2v) is 6.47. The number of ether oxygens (including phenoxy) is 3. The van der Waals surface area contributed by atoms with Crippen LogP contribution in [0.3, 0.4) is 0 Å². The van der Waals surface area contributed by atoms with Crippen LogP contribution >= 0.6 is 0 Å². The highest BCUT2D eigenvalue weighted by molar-refractivity contribution is 5.35. The Balaban J connectivity index is 1.40. The lowest BCUT2D eigenvalue weighted by molar-refractivity contribution is -0.274. The Morgan fingerprint density at radius 1 is 1.31 bits per heavy atom. The number of hydrogen-bond donors (Lipinski definition) is 1. The minimum Gasteiger partial charge on any atom is -0.455 e. The Morgan fingerprint density at radius 3 is 2.65 bits per heavy atom. The molecule has 1 spiro atoms. The van der Waals surface area contributed by atoms with E-state index in [0.29, 0.717) is 12.6 Å². The van der Waals surface area contributed by atoms with Crippen LogP contribution < -0.4 is 14.8 Å². The second-order valence-electron chi connectivity index (χ2n) is 6.47. The first kappa shape index (κ1) is 17.0. The van der Waals surface area contributed by atoms with Crippen LogP contribution in [0.25, 0.3) is 0 Å². The lowest BCUT2D eigenvalue weighted by atomic mass is 10.1. The van der Waals surface area contributed by atoms with E-state index in [2.05, 4.69) is 15.0 Å². The first-order chi connectivity index (χ1) is 12.4. The van der Waals surface area contributed by atoms with Crippen LogP contribution in [-0.2, 0) is 17.9 Å². The minimum atomic E-state index is -4.69. The average molecular weight is 369 g/mol. The fourth-order valence-corrected chi connectivity index (χ4v) is 3.06. The van der Waals surface area contributed by atoms with E-state index in [-0.39, 0.29) is 24.1 Å². The van der Waals surface area contributed by atoms with Crippen molar-refractivity contribution in [3.63, 3.8) is 0 Å². The average Bonchev–Trinajstić information content (AvgIpc) is 3.23. The number of nitrogens with one attached hydrogen (secondary N) is 1. The van der Waals surface area contributed by atoms with Crippen molar-refractivity contribution in [3.8, 4) is 11.8 Å². The van der Waals surface area contributed by atoms with E-state index in [9.17, 15) is 13.2 Å². The standard InChI is InChI=1S/C17H18F3N3O3/c1-21-14-9-23-8-13(16(6-7-16)26-15(23)22-14)24-10-11-2-4-12(5-3-11)25-17(18,19)20/h2-5,9,13,21H,6-8,10H2,1H3/t13-/m0/s1. The molecule has 1 fully saturated rings. The molecule has 0 saturated heterocycles. The number of benzene rings is 1. The Labute approximate surface area is 147 Å². The van der Waals surface area contributed by atoms with Gasteiger partial charge >= 0.3 is 6.36 Å². The first-order valence-corrected chi connectivity index (χ1v) is 8.27. The SMILES string of the molecule is CNc1cn2c(n1)OC1(CC1)[C@@H](OCc1ccc(OC(F)(F)F)cc1)C2. The molecule has 1 aliphatic heterocycles. The first-order valence-electron chi connectivity index (χ1n) is 8.27. The maximum atomic E-state index is 12.2. The molecule has 2 aromatic rings. The maximum Gasteiger partial charge on any atom is 0.573 e. The highest BCUT2D eigenvalue weighted by atomic mass is 19.4. The summed E-state index contributed by atoms with van der Waals surface area (Å²) >= 11 is 0. The topological polar surface area (TPSA) is 57.5 Å². The van der Waals surface area contributed by atoms with Gasteiger partial charge in [0, 0.05) is 7.05 Å². The number of alkyl halides is 3. The highest BCUT2D eigenvalue weighted by Gasteiger charge is 2.56. The number of nitrogens with zero attached hydrogens (tertiary/aromatic N) is 2. The van der Waals surface area contributed by atoms with Gasteiger partial charge in [0.05, 0.1) is 19.3 Å². The maximum absolute atomic E-state index is 12.2. The fraction of sp³-hybridized carbons (Fsp3) is 0.471. The molecule has 1 aromatic heterocycles. The number of fused-ring (bicyclic) bond motifs is 1. The van der Waals surface area contributed by atoms with Gasteiger partial charge in [0.25, 0.3) is 6.01 Å². The molecular weight excluding hydrogens is 351 g/mol. The highest BCUT2D eigenvalue weighted by Crippen LogP contribution is 2.48. The molecule has 1 aliphatic carbocycles. The van der Waals surface area contributed by atoms with Gasteiger partial charge in [0.1, 0.15) is 23.3 Å². The summed E-state index contributed by atoms with van der Waals surface area (Å²) in [5.41, 5.74) is 0.425. The molecule has 1 saturated carbocycles. The van der Waals surface area contributed by atoms with E-state index >= 15 is 0 Å². The minimum absolute atomic E-state index is 0.139. The van der Waals surface area contributed by atoms with Crippen LogP contribution in [-0.4, -0.2) is 34.7 Å². The predicted molar refractivity (Wildman–Crippen MR) is 86.1 cm³/mol. The van der Waals surface area contributed by atoms with Crippen LogP contribution in [0.15, 0.2) is 30.5 Å². The predicted octanol–water partition coefficient (Wildman–Crippen LogP) is 3.33. The molecule has 4 rings (SSSR count). The molecule has 9 heteroatoms. The molecule has 2 aliphatic rings. The smallest absolute Gasteiger partial charge is 0.455 e. The third kappa shape index (κ3) is 3.44. The summed E-state index contributed by atoms with van der Waals surface area (Å²) in [5, 5.41) is 2.98. The van der Waals surface area contributed by atoms with Crippen molar-refractivity contribution < 1.29 is 27.4 Å². The van der Waals surface area contributed by atoms with Gasteiger partial charge in [0.2, 0.25) is 0 Å². The summed E-state index contributed by atoms with van der Waals surface area (Å²) in [6, 6.07) is 6.27. The molecule has 1 N–H and O–H groups in total. The van der Waals surface area contributed by atoms with Gasteiger partial charge in [-0.05, 0) is 30.5 Å². The zero-order valence-corrected chi connectivity index (χ0v) is 14.0. The van der Waals surface area contributed by atoms with Crippen molar-refractivity contribution in [1.29, 1.82) is 0 Å². The zero-order valence-electron chi connectivity index (χ0n) is 14.0. The van der Waals surface area contributed by atoms with Crippen molar-refractivity contribution in [2.45, 2.75) is 44.1 Å². The van der Waals surface area contributed by atoms with Gasteiger partial charge in [-0.1, -0.05) is 12.1 Å². The number of imidazole rings is 1. The molecule has 0 amide bonds. The van der Waals surface area contributed by atoms with Crippen LogP contribution in [0, 0.1) is 0 Å². The van der Waals surface area contributed by atoms with Gasteiger partial charge in [-0.15, -0.1) is 13.2 Å². The third-order valence-corrected chi connectivity index (χ3v) is 4.59. The Bertz CT molecular complexity index is 785. The summed E-state index contributed by atoms with van der Waals surface area (Å²) in [7, 11) is 1.79. The van der Waals surface area contributed by atoms with Gasteiger partial charge < -0.3 is 19.5 Å². The zero-order chi connectivity index (χ0) is 18.4. The quantitative estimate of drug-likeness (QED) is 0.876. The monoisotopic (exact) mass is 369 g/mol. The summed E-state index contributed by atoms with van der Waals surface area (Å²) in [4.78, 5) is 4.36. The van der Waals surface area contributed by atoms with Crippen LogP contribution in [0.2, 0.25) is 0 Å². The molecule has 0 unspecified atom stereocenters. The van der Waals surface area contributed by atoms with E-state index in [1.54, 1.807) is 19.2 Å². The van der Waals surface area contributed by atoms with Gasteiger partial charge in [-0.25, -0.2) is 0 Å². The van der Waals surface area contributed by atoms with Crippen LogP contribution in [0.5, 0.6) is 11.8 Å².